The zero-order valence-corrected chi connectivity index (χ0v) is 23.5. The van der Waals surface area contributed by atoms with Gasteiger partial charge in [0.25, 0.3) is 5.91 Å². The van der Waals surface area contributed by atoms with Crippen LogP contribution >= 0.6 is 0 Å². The lowest BCUT2D eigenvalue weighted by atomic mass is 9.96. The lowest BCUT2D eigenvalue weighted by Crippen LogP contribution is -2.32. The maximum atomic E-state index is 13.2. The highest BCUT2D eigenvalue weighted by molar-refractivity contribution is 5.92. The van der Waals surface area contributed by atoms with Gasteiger partial charge in [-0.25, -0.2) is 14.6 Å². The van der Waals surface area contributed by atoms with Gasteiger partial charge in [-0.1, -0.05) is 17.3 Å². The quantitative estimate of drug-likeness (QED) is 0.275. The van der Waals surface area contributed by atoms with Crippen molar-refractivity contribution >= 4 is 17.5 Å². The number of aromatic nitrogens is 7. The number of carbonyl (C=O) groups is 1. The lowest BCUT2D eigenvalue weighted by Gasteiger charge is -2.22. The average molecular weight is 545 g/mol. The second-order valence-electron chi connectivity index (χ2n) is 11.3. The molecule has 0 aliphatic carbocycles. The lowest BCUT2D eigenvalue weighted by molar-refractivity contribution is 0.0921. The molecule has 2 atom stereocenters. The number of hydrogen-bond donors (Lipinski definition) is 4. The fourth-order valence-corrected chi connectivity index (χ4v) is 4.81. The number of benzene rings is 1. The topological polar surface area (TPSA) is 150 Å². The molecule has 0 saturated carbocycles. The van der Waals surface area contributed by atoms with Crippen molar-refractivity contribution in [2.75, 3.05) is 18.4 Å². The predicted octanol–water partition coefficient (Wildman–Crippen LogP) is 3.32. The molecule has 4 N–H and O–H groups in total. The fourth-order valence-electron chi connectivity index (χ4n) is 4.81. The van der Waals surface area contributed by atoms with Gasteiger partial charge in [-0.15, -0.1) is 5.10 Å². The number of β-amino-alcohol motifs (C(OH)–C–C–N with tert-alkyl or cyclic N) is 1. The highest BCUT2D eigenvalue weighted by atomic mass is 16.3. The number of H-pyrrole nitrogens is 1. The van der Waals surface area contributed by atoms with Gasteiger partial charge in [-0.05, 0) is 64.3 Å². The van der Waals surface area contributed by atoms with Gasteiger partial charge in [0.2, 0.25) is 5.95 Å². The molecular weight excluding hydrogens is 508 g/mol. The van der Waals surface area contributed by atoms with Crippen molar-refractivity contribution in [2.45, 2.75) is 65.3 Å². The van der Waals surface area contributed by atoms with Gasteiger partial charge >= 0.3 is 0 Å². The smallest absolute Gasteiger partial charge is 0.273 e. The van der Waals surface area contributed by atoms with Crippen LogP contribution in [0.3, 0.4) is 0 Å². The first kappa shape index (κ1) is 27.4. The minimum absolute atomic E-state index is 0.220. The van der Waals surface area contributed by atoms with Crippen molar-refractivity contribution in [3.8, 4) is 11.3 Å². The predicted molar refractivity (Wildman–Crippen MR) is 151 cm³/mol. The number of carbonyl (C=O) groups excluding carboxylic acids is 1. The Hall–Kier alpha value is -4.16. The molecule has 210 valence electrons. The van der Waals surface area contributed by atoms with Crippen molar-refractivity contribution in [3.63, 3.8) is 0 Å². The standard InChI is InChI=1S/C28H36N10O2/c1-17(39)14-37-11-9-23(31-26(40)25-16-38(36-35-25)28(3,4)5)21-7-6-19(12-20(21)15-37)22-8-10-29-27(32-22)33-24-13-30-34-18(24)2/h6-8,10,12-13,16-17,23,39H,9,11,14-15H2,1-5H3,(H,30,34)(H,31,40)(H,29,32,33)/t17-,23?/m1/s1. The van der Waals surface area contributed by atoms with Crippen LogP contribution in [0.15, 0.2) is 42.9 Å². The van der Waals surface area contributed by atoms with E-state index < -0.39 is 6.10 Å². The molecule has 1 aliphatic rings. The van der Waals surface area contributed by atoms with Crippen LogP contribution in [0.1, 0.15) is 67.5 Å². The van der Waals surface area contributed by atoms with E-state index in [1.165, 1.54) is 0 Å². The molecule has 1 aliphatic heterocycles. The summed E-state index contributed by atoms with van der Waals surface area (Å²) >= 11 is 0. The van der Waals surface area contributed by atoms with Crippen molar-refractivity contribution in [1.82, 2.24) is 45.4 Å². The Labute approximate surface area is 233 Å². The average Bonchev–Trinajstić information content (AvgIpc) is 3.52. The number of amides is 1. The van der Waals surface area contributed by atoms with Gasteiger partial charge in [0.05, 0.1) is 47.2 Å². The maximum absolute atomic E-state index is 13.2. The second kappa shape index (κ2) is 11.1. The van der Waals surface area contributed by atoms with Gasteiger partial charge < -0.3 is 15.7 Å². The molecule has 4 aromatic rings. The van der Waals surface area contributed by atoms with Crippen LogP contribution in [-0.2, 0) is 12.1 Å². The highest BCUT2D eigenvalue weighted by Crippen LogP contribution is 2.31. The summed E-state index contributed by atoms with van der Waals surface area (Å²) in [7, 11) is 0. The molecule has 5 rings (SSSR count). The summed E-state index contributed by atoms with van der Waals surface area (Å²) < 4.78 is 1.69. The van der Waals surface area contributed by atoms with Crippen molar-refractivity contribution in [2.24, 2.45) is 0 Å². The number of nitrogens with zero attached hydrogens (tertiary/aromatic N) is 7. The van der Waals surface area contributed by atoms with E-state index in [0.29, 0.717) is 25.5 Å². The van der Waals surface area contributed by atoms with E-state index in [9.17, 15) is 9.90 Å². The molecule has 1 amide bonds. The first-order chi connectivity index (χ1) is 19.1. The largest absolute Gasteiger partial charge is 0.392 e. The number of hydrogen-bond acceptors (Lipinski definition) is 9. The number of aromatic amines is 1. The van der Waals surface area contributed by atoms with E-state index in [1.807, 2.05) is 39.8 Å². The molecule has 12 nitrogen and oxygen atoms in total. The summed E-state index contributed by atoms with van der Waals surface area (Å²) in [5.74, 6) is 0.210. The number of aryl methyl sites for hydroxylation is 1. The molecule has 0 saturated heterocycles. The number of nitrogens with one attached hydrogen (secondary N) is 3. The first-order valence-corrected chi connectivity index (χ1v) is 13.4. The van der Waals surface area contributed by atoms with Gasteiger partial charge in [-0.2, -0.15) is 5.10 Å². The Morgan fingerprint density at radius 1 is 1.27 bits per heavy atom. The fraction of sp³-hybridized carbons (Fsp3) is 0.429. The monoisotopic (exact) mass is 544 g/mol. The minimum atomic E-state index is -0.466. The Bertz CT molecular complexity index is 1490. The molecule has 3 aromatic heterocycles. The van der Waals surface area contributed by atoms with E-state index in [1.54, 1.807) is 30.2 Å². The summed E-state index contributed by atoms with van der Waals surface area (Å²) in [6.45, 7) is 11.6. The zero-order chi connectivity index (χ0) is 28.4. The summed E-state index contributed by atoms with van der Waals surface area (Å²) in [5.41, 5.74) is 5.53. The normalized spacial score (nSPS) is 16.7. The molecule has 1 unspecified atom stereocenters. The number of anilines is 2. The molecule has 4 heterocycles. The first-order valence-electron chi connectivity index (χ1n) is 13.4. The van der Waals surface area contributed by atoms with Crippen LogP contribution in [0, 0.1) is 6.92 Å². The van der Waals surface area contributed by atoms with Gasteiger partial charge in [-0.3, -0.25) is 14.8 Å². The van der Waals surface area contributed by atoms with Gasteiger partial charge in [0.1, 0.15) is 0 Å². The summed E-state index contributed by atoms with van der Waals surface area (Å²) in [6.07, 6.45) is 5.33. The molecule has 0 fully saturated rings. The van der Waals surface area contributed by atoms with Gasteiger partial charge in [0.15, 0.2) is 5.69 Å². The number of rotatable bonds is 7. The minimum Gasteiger partial charge on any atom is -0.392 e. The van der Waals surface area contributed by atoms with E-state index in [0.717, 1.165) is 40.3 Å². The van der Waals surface area contributed by atoms with Crippen LogP contribution in [0.5, 0.6) is 0 Å². The van der Waals surface area contributed by atoms with Crippen LogP contribution in [0.2, 0.25) is 0 Å². The van der Waals surface area contributed by atoms with Crippen LogP contribution in [0.25, 0.3) is 11.3 Å². The number of aliphatic hydroxyl groups excluding tert-OH is 1. The van der Waals surface area contributed by atoms with E-state index >= 15 is 0 Å². The zero-order valence-electron chi connectivity index (χ0n) is 23.5. The maximum Gasteiger partial charge on any atom is 0.273 e. The number of aliphatic hydroxyl groups is 1. The van der Waals surface area contributed by atoms with Crippen molar-refractivity contribution in [3.05, 3.63) is 65.4 Å². The molecule has 1 aromatic carbocycles. The van der Waals surface area contributed by atoms with E-state index in [2.05, 4.69) is 53.2 Å². The van der Waals surface area contributed by atoms with Crippen LogP contribution in [0.4, 0.5) is 11.6 Å². The molecule has 12 heteroatoms. The Balaban J connectivity index is 1.43. The molecule has 0 radical (unpaired) electrons. The highest BCUT2D eigenvalue weighted by Gasteiger charge is 2.27. The Morgan fingerprint density at radius 2 is 2.10 bits per heavy atom. The second-order valence-corrected chi connectivity index (χ2v) is 11.3. The summed E-state index contributed by atoms with van der Waals surface area (Å²) in [5, 5.41) is 31.7. The molecular formula is C28H36N10O2. The SMILES string of the molecule is Cc1[nH]ncc1Nc1nccc(-c2ccc3c(c2)CN(C[C@@H](C)O)CCC3NC(=O)c2cn(C(C)(C)C)nn2)n1. The van der Waals surface area contributed by atoms with E-state index in [4.69, 9.17) is 4.98 Å². The molecule has 40 heavy (non-hydrogen) atoms. The van der Waals surface area contributed by atoms with Crippen molar-refractivity contribution in [1.29, 1.82) is 0 Å². The summed E-state index contributed by atoms with van der Waals surface area (Å²) in [4.78, 5) is 24.5. The van der Waals surface area contributed by atoms with Crippen molar-refractivity contribution < 1.29 is 9.90 Å². The van der Waals surface area contributed by atoms with Gasteiger partial charge in [0, 0.05) is 31.4 Å². The van der Waals surface area contributed by atoms with Crippen LogP contribution in [-0.4, -0.2) is 70.3 Å². The van der Waals surface area contributed by atoms with Crippen LogP contribution < -0.4 is 10.6 Å². The Morgan fingerprint density at radius 3 is 2.80 bits per heavy atom. The third kappa shape index (κ3) is 6.18. The number of fused-ring (bicyclic) bond motifs is 1. The summed E-state index contributed by atoms with van der Waals surface area (Å²) in [6, 6.07) is 7.84. The third-order valence-electron chi connectivity index (χ3n) is 6.92. The van der Waals surface area contributed by atoms with E-state index in [-0.39, 0.29) is 23.2 Å². The molecule has 0 spiro atoms. The Kier molecular flexibility index (Phi) is 7.63. The third-order valence-corrected chi connectivity index (χ3v) is 6.92. The molecule has 0 bridgehead atoms.